The zero-order valence-corrected chi connectivity index (χ0v) is 10.7. The summed E-state index contributed by atoms with van der Waals surface area (Å²) >= 11 is 3.44. The largest absolute Gasteiger partial charge is 0.397 e. The number of ether oxygens (including phenoxy) is 1. The number of nitrogens with one attached hydrogen (secondary N) is 1. The first-order valence-corrected chi connectivity index (χ1v) is 6.27. The van der Waals surface area contributed by atoms with Crippen molar-refractivity contribution in [2.45, 2.75) is 12.8 Å². The Labute approximate surface area is 104 Å². The zero-order chi connectivity index (χ0) is 11.4. The Morgan fingerprint density at radius 1 is 1.62 bits per heavy atom. The number of aromatic nitrogens is 1. The summed E-state index contributed by atoms with van der Waals surface area (Å²) in [6, 6.07) is 1.85. The Kier molecular flexibility index (Phi) is 4.01. The van der Waals surface area contributed by atoms with Gasteiger partial charge in [0.15, 0.2) is 0 Å². The second-order valence-corrected chi connectivity index (χ2v) is 4.92. The Bertz CT molecular complexity index is 353. The minimum atomic E-state index is 0.583. The third-order valence-corrected chi connectivity index (χ3v) is 3.28. The van der Waals surface area contributed by atoms with Crippen molar-refractivity contribution in [3.05, 3.63) is 16.7 Å². The van der Waals surface area contributed by atoms with E-state index >= 15 is 0 Å². The van der Waals surface area contributed by atoms with Gasteiger partial charge in [-0.25, -0.2) is 4.98 Å². The molecular formula is C11H16BrN3O. The number of rotatable bonds is 3. The molecule has 1 fully saturated rings. The second-order valence-electron chi connectivity index (χ2n) is 4.06. The number of anilines is 2. The third-order valence-electron chi connectivity index (χ3n) is 2.68. The number of halogens is 1. The second kappa shape index (κ2) is 5.50. The van der Waals surface area contributed by atoms with Gasteiger partial charge >= 0.3 is 0 Å². The van der Waals surface area contributed by atoms with Gasteiger partial charge < -0.3 is 15.8 Å². The smallest absolute Gasteiger partial charge is 0.140 e. The van der Waals surface area contributed by atoms with Gasteiger partial charge in [-0.05, 0) is 40.8 Å². The molecule has 3 N–H and O–H groups in total. The van der Waals surface area contributed by atoms with Crippen molar-refractivity contribution < 1.29 is 4.74 Å². The van der Waals surface area contributed by atoms with Gasteiger partial charge in [0.1, 0.15) is 5.82 Å². The first-order chi connectivity index (χ1) is 7.75. The van der Waals surface area contributed by atoms with Gasteiger partial charge in [0.05, 0.1) is 23.0 Å². The van der Waals surface area contributed by atoms with Crippen LogP contribution in [0.5, 0.6) is 0 Å². The summed E-state index contributed by atoms with van der Waals surface area (Å²) in [5.74, 6) is 1.43. The first-order valence-electron chi connectivity index (χ1n) is 5.48. The van der Waals surface area contributed by atoms with Gasteiger partial charge in [0.25, 0.3) is 0 Å². The predicted octanol–water partition coefficient (Wildman–Crippen LogP) is 2.26. The molecule has 0 radical (unpaired) electrons. The highest BCUT2D eigenvalue weighted by molar-refractivity contribution is 9.10. The monoisotopic (exact) mass is 285 g/mol. The SMILES string of the molecule is Nc1cnc(NCC2CCCOC2)c(Br)c1. The van der Waals surface area contributed by atoms with Gasteiger partial charge in [-0.3, -0.25) is 0 Å². The van der Waals surface area contributed by atoms with Crippen LogP contribution in [0.25, 0.3) is 0 Å². The molecule has 0 saturated carbocycles. The molecule has 1 aromatic heterocycles. The summed E-state index contributed by atoms with van der Waals surface area (Å²) in [7, 11) is 0. The lowest BCUT2D eigenvalue weighted by molar-refractivity contribution is 0.0595. The Morgan fingerprint density at radius 2 is 2.50 bits per heavy atom. The maximum Gasteiger partial charge on any atom is 0.140 e. The molecule has 2 rings (SSSR count). The van der Waals surface area contributed by atoms with Crippen LogP contribution >= 0.6 is 15.9 Å². The van der Waals surface area contributed by atoms with Crippen LogP contribution in [-0.2, 0) is 4.74 Å². The lowest BCUT2D eigenvalue weighted by Gasteiger charge is -2.22. The highest BCUT2D eigenvalue weighted by Crippen LogP contribution is 2.22. The fraction of sp³-hybridized carbons (Fsp3) is 0.545. The molecular weight excluding hydrogens is 270 g/mol. The van der Waals surface area contributed by atoms with E-state index < -0.39 is 0 Å². The van der Waals surface area contributed by atoms with E-state index in [1.165, 1.54) is 6.42 Å². The average Bonchev–Trinajstić information content (AvgIpc) is 2.29. The highest BCUT2D eigenvalue weighted by Gasteiger charge is 2.14. The van der Waals surface area contributed by atoms with E-state index in [0.29, 0.717) is 11.6 Å². The van der Waals surface area contributed by atoms with Crippen LogP contribution in [0.2, 0.25) is 0 Å². The Morgan fingerprint density at radius 3 is 3.19 bits per heavy atom. The fourth-order valence-electron chi connectivity index (χ4n) is 1.79. The van der Waals surface area contributed by atoms with Crippen LogP contribution in [0.3, 0.4) is 0 Å². The van der Waals surface area contributed by atoms with E-state index in [4.69, 9.17) is 10.5 Å². The molecule has 4 nitrogen and oxygen atoms in total. The van der Waals surface area contributed by atoms with Crippen LogP contribution < -0.4 is 11.1 Å². The highest BCUT2D eigenvalue weighted by atomic mass is 79.9. The minimum absolute atomic E-state index is 0.583. The van der Waals surface area contributed by atoms with Crippen molar-refractivity contribution in [3.8, 4) is 0 Å². The van der Waals surface area contributed by atoms with Crippen molar-refractivity contribution in [2.75, 3.05) is 30.8 Å². The van der Waals surface area contributed by atoms with Crippen molar-refractivity contribution in [1.29, 1.82) is 0 Å². The Hall–Kier alpha value is -0.810. The van der Waals surface area contributed by atoms with E-state index in [0.717, 1.165) is 36.5 Å². The van der Waals surface area contributed by atoms with Gasteiger partial charge in [-0.15, -0.1) is 0 Å². The predicted molar refractivity (Wildman–Crippen MR) is 68.4 cm³/mol. The summed E-state index contributed by atoms with van der Waals surface area (Å²) in [6.07, 6.45) is 4.03. The van der Waals surface area contributed by atoms with E-state index in [-0.39, 0.29) is 0 Å². The van der Waals surface area contributed by atoms with E-state index in [2.05, 4.69) is 26.2 Å². The zero-order valence-electron chi connectivity index (χ0n) is 9.08. The Balaban J connectivity index is 1.88. The van der Waals surface area contributed by atoms with Gasteiger partial charge in [0, 0.05) is 13.2 Å². The summed E-state index contributed by atoms with van der Waals surface area (Å²) in [5, 5.41) is 3.32. The quantitative estimate of drug-likeness (QED) is 0.894. The van der Waals surface area contributed by atoms with Gasteiger partial charge in [0.2, 0.25) is 0 Å². The molecule has 2 heterocycles. The fourth-order valence-corrected chi connectivity index (χ4v) is 2.30. The molecule has 0 aliphatic carbocycles. The van der Waals surface area contributed by atoms with Crippen molar-refractivity contribution >= 4 is 27.4 Å². The number of hydrogen-bond donors (Lipinski definition) is 2. The molecule has 1 atom stereocenters. The van der Waals surface area contributed by atoms with Crippen LogP contribution in [0, 0.1) is 5.92 Å². The number of nitrogen functional groups attached to an aromatic ring is 1. The summed E-state index contributed by atoms with van der Waals surface area (Å²) in [6.45, 7) is 2.65. The molecule has 1 aromatic rings. The van der Waals surface area contributed by atoms with E-state index in [1.807, 2.05) is 6.07 Å². The summed E-state index contributed by atoms with van der Waals surface area (Å²) < 4.78 is 6.33. The van der Waals surface area contributed by atoms with E-state index in [9.17, 15) is 0 Å². The van der Waals surface area contributed by atoms with Crippen molar-refractivity contribution in [3.63, 3.8) is 0 Å². The van der Waals surface area contributed by atoms with Gasteiger partial charge in [-0.2, -0.15) is 0 Å². The first kappa shape index (κ1) is 11.7. The van der Waals surface area contributed by atoms with Crippen LogP contribution in [0.1, 0.15) is 12.8 Å². The van der Waals surface area contributed by atoms with Crippen molar-refractivity contribution in [2.24, 2.45) is 5.92 Å². The number of hydrogen-bond acceptors (Lipinski definition) is 4. The standard InChI is InChI=1S/C11H16BrN3O/c12-10-4-9(13)6-15-11(10)14-5-8-2-1-3-16-7-8/h4,6,8H,1-3,5,7,13H2,(H,14,15). The molecule has 0 spiro atoms. The molecule has 1 aliphatic rings. The van der Waals surface area contributed by atoms with Crippen LogP contribution in [0.4, 0.5) is 11.5 Å². The normalized spacial score (nSPS) is 20.7. The molecule has 16 heavy (non-hydrogen) atoms. The third kappa shape index (κ3) is 3.09. The van der Waals surface area contributed by atoms with E-state index in [1.54, 1.807) is 6.20 Å². The molecule has 0 aromatic carbocycles. The number of nitrogens with two attached hydrogens (primary N) is 1. The summed E-state index contributed by atoms with van der Waals surface area (Å²) in [5.41, 5.74) is 6.29. The van der Waals surface area contributed by atoms with Crippen LogP contribution in [0.15, 0.2) is 16.7 Å². The van der Waals surface area contributed by atoms with Crippen LogP contribution in [-0.4, -0.2) is 24.7 Å². The lowest BCUT2D eigenvalue weighted by Crippen LogP contribution is -2.24. The molecule has 1 aliphatic heterocycles. The molecule has 5 heteroatoms. The lowest BCUT2D eigenvalue weighted by atomic mass is 10.0. The number of nitrogens with zero attached hydrogens (tertiary/aromatic N) is 1. The number of pyridine rings is 1. The van der Waals surface area contributed by atoms with Crippen molar-refractivity contribution in [1.82, 2.24) is 4.98 Å². The maximum atomic E-state index is 5.63. The average molecular weight is 286 g/mol. The molecule has 1 saturated heterocycles. The molecule has 0 bridgehead atoms. The topological polar surface area (TPSA) is 60.2 Å². The molecule has 0 amide bonds. The molecule has 88 valence electrons. The van der Waals surface area contributed by atoms with Gasteiger partial charge in [-0.1, -0.05) is 0 Å². The minimum Gasteiger partial charge on any atom is -0.397 e. The summed E-state index contributed by atoms with van der Waals surface area (Å²) in [4.78, 5) is 4.24. The maximum absolute atomic E-state index is 5.63. The molecule has 1 unspecified atom stereocenters.